The minimum atomic E-state index is -0.131. The first-order valence-corrected chi connectivity index (χ1v) is 6.69. The van der Waals surface area contributed by atoms with E-state index in [1.807, 2.05) is 43.4 Å². The van der Waals surface area contributed by atoms with Gasteiger partial charge in [0.25, 0.3) is 0 Å². The maximum absolute atomic E-state index is 6.11. The lowest BCUT2D eigenvalue weighted by molar-refractivity contribution is 0.167. The Hall–Kier alpha value is -2.20. The first-order valence-electron chi connectivity index (χ1n) is 6.69. The summed E-state index contributed by atoms with van der Waals surface area (Å²) in [5.74, 6) is 1.56. The minimum Gasteiger partial charge on any atom is -0.478 e. The molecule has 1 N–H and O–H groups in total. The van der Waals surface area contributed by atoms with Gasteiger partial charge < -0.3 is 18.9 Å². The molecule has 0 saturated carbocycles. The Balaban J connectivity index is 1.87. The summed E-state index contributed by atoms with van der Waals surface area (Å²) in [6.07, 6.45) is 4.03. The number of hydrogen-bond acceptors (Lipinski definition) is 4. The van der Waals surface area contributed by atoms with Crippen molar-refractivity contribution < 1.29 is 13.6 Å². The number of benzene rings is 1. The zero-order valence-electron chi connectivity index (χ0n) is 11.3. The number of nitrogens with one attached hydrogen (secondary N) is 1. The number of ether oxygens (including phenoxy) is 1. The molecule has 0 saturated heterocycles. The smallest absolute Gasteiger partial charge is 0.175 e. The van der Waals surface area contributed by atoms with Gasteiger partial charge in [-0.3, -0.25) is 0 Å². The van der Waals surface area contributed by atoms with Crippen LogP contribution in [0.5, 0.6) is 5.75 Å². The molecular formula is C16H17NO3. The first-order chi connectivity index (χ1) is 9.88. The molecule has 0 amide bonds. The largest absolute Gasteiger partial charge is 0.478 e. The van der Waals surface area contributed by atoms with E-state index in [1.165, 1.54) is 0 Å². The Morgan fingerprint density at radius 2 is 2.05 bits per heavy atom. The van der Waals surface area contributed by atoms with Gasteiger partial charge in [0.05, 0.1) is 12.5 Å². The Labute approximate surface area is 117 Å². The van der Waals surface area contributed by atoms with Gasteiger partial charge in [0.1, 0.15) is 5.76 Å². The van der Waals surface area contributed by atoms with Crippen molar-refractivity contribution in [1.82, 2.24) is 5.32 Å². The van der Waals surface area contributed by atoms with E-state index in [2.05, 4.69) is 5.32 Å². The third kappa shape index (κ3) is 2.56. The molecule has 20 heavy (non-hydrogen) atoms. The summed E-state index contributed by atoms with van der Waals surface area (Å²) in [6, 6.07) is 11.6. The Kier molecular flexibility index (Phi) is 3.74. The van der Waals surface area contributed by atoms with Gasteiger partial charge in [-0.05, 0) is 37.9 Å². The summed E-state index contributed by atoms with van der Waals surface area (Å²) in [5.41, 5.74) is 0.772. The summed E-state index contributed by atoms with van der Waals surface area (Å²) >= 11 is 0. The standard InChI is InChI=1S/C16H17NO3/c1-17-9-7-14(13-6-3-10-18-13)20-15-5-2-4-12-8-11-19-16(12)15/h2-6,8,10-11,14,17H,7,9H2,1H3/t14-/m1/s1. The summed E-state index contributed by atoms with van der Waals surface area (Å²) in [5, 5.41) is 4.17. The minimum absolute atomic E-state index is 0.131. The molecule has 4 nitrogen and oxygen atoms in total. The molecule has 0 aliphatic rings. The molecule has 0 aliphatic carbocycles. The lowest BCUT2D eigenvalue weighted by atomic mass is 10.2. The van der Waals surface area contributed by atoms with E-state index < -0.39 is 0 Å². The maximum atomic E-state index is 6.11. The number of rotatable bonds is 6. The second kappa shape index (κ2) is 5.84. The van der Waals surface area contributed by atoms with Crippen LogP contribution in [0.4, 0.5) is 0 Å². The van der Waals surface area contributed by atoms with Gasteiger partial charge in [0.2, 0.25) is 0 Å². The molecule has 0 spiro atoms. The van der Waals surface area contributed by atoms with Crippen LogP contribution in [0.1, 0.15) is 18.3 Å². The van der Waals surface area contributed by atoms with Crippen LogP contribution in [-0.2, 0) is 0 Å². The topological polar surface area (TPSA) is 47.5 Å². The molecule has 4 heteroatoms. The molecule has 2 heterocycles. The van der Waals surface area contributed by atoms with E-state index in [9.17, 15) is 0 Å². The van der Waals surface area contributed by atoms with Crippen LogP contribution in [0.25, 0.3) is 11.0 Å². The van der Waals surface area contributed by atoms with Crippen molar-refractivity contribution in [2.24, 2.45) is 0 Å². The molecule has 0 aliphatic heterocycles. The fourth-order valence-corrected chi connectivity index (χ4v) is 2.22. The van der Waals surface area contributed by atoms with Gasteiger partial charge in [0, 0.05) is 11.8 Å². The molecule has 1 aromatic carbocycles. The highest BCUT2D eigenvalue weighted by Crippen LogP contribution is 2.31. The van der Waals surface area contributed by atoms with Crippen molar-refractivity contribution in [3.8, 4) is 5.75 Å². The normalized spacial score (nSPS) is 12.7. The molecule has 0 fully saturated rings. The van der Waals surface area contributed by atoms with E-state index in [4.69, 9.17) is 13.6 Å². The summed E-state index contributed by atoms with van der Waals surface area (Å²) in [7, 11) is 1.92. The van der Waals surface area contributed by atoms with Crippen LogP contribution in [0, 0.1) is 0 Å². The zero-order chi connectivity index (χ0) is 13.8. The summed E-state index contributed by atoms with van der Waals surface area (Å²) in [4.78, 5) is 0. The van der Waals surface area contributed by atoms with E-state index in [0.29, 0.717) is 0 Å². The monoisotopic (exact) mass is 271 g/mol. The van der Waals surface area contributed by atoms with Crippen LogP contribution in [-0.4, -0.2) is 13.6 Å². The number of para-hydroxylation sites is 1. The van der Waals surface area contributed by atoms with Gasteiger partial charge in [-0.15, -0.1) is 0 Å². The highest BCUT2D eigenvalue weighted by atomic mass is 16.5. The van der Waals surface area contributed by atoms with E-state index in [-0.39, 0.29) is 6.10 Å². The van der Waals surface area contributed by atoms with Crippen LogP contribution in [0.2, 0.25) is 0 Å². The maximum Gasteiger partial charge on any atom is 0.175 e. The van der Waals surface area contributed by atoms with E-state index in [1.54, 1.807) is 12.5 Å². The lowest BCUT2D eigenvalue weighted by Crippen LogP contribution is -2.15. The summed E-state index contributed by atoms with van der Waals surface area (Å²) in [6.45, 7) is 0.847. The Bertz CT molecular complexity index is 657. The quantitative estimate of drug-likeness (QED) is 0.741. The highest BCUT2D eigenvalue weighted by Gasteiger charge is 2.18. The molecule has 104 valence electrons. The lowest BCUT2D eigenvalue weighted by Gasteiger charge is -2.17. The van der Waals surface area contributed by atoms with Crippen LogP contribution >= 0.6 is 0 Å². The van der Waals surface area contributed by atoms with Gasteiger partial charge in [-0.2, -0.15) is 0 Å². The van der Waals surface area contributed by atoms with Crippen LogP contribution in [0.3, 0.4) is 0 Å². The predicted octanol–water partition coefficient (Wildman–Crippen LogP) is 3.76. The highest BCUT2D eigenvalue weighted by molar-refractivity contribution is 5.82. The molecular weight excluding hydrogens is 254 g/mol. The Morgan fingerprint density at radius 3 is 2.85 bits per heavy atom. The molecule has 1 atom stereocenters. The van der Waals surface area contributed by atoms with Gasteiger partial charge >= 0.3 is 0 Å². The van der Waals surface area contributed by atoms with Crippen molar-refractivity contribution in [1.29, 1.82) is 0 Å². The van der Waals surface area contributed by atoms with Crippen LogP contribution < -0.4 is 10.1 Å². The second-order valence-electron chi connectivity index (χ2n) is 4.61. The van der Waals surface area contributed by atoms with Gasteiger partial charge in [0.15, 0.2) is 17.4 Å². The molecule has 0 unspecified atom stereocenters. The number of hydrogen-bond donors (Lipinski definition) is 1. The number of fused-ring (bicyclic) bond motifs is 1. The molecule has 0 radical (unpaired) electrons. The van der Waals surface area contributed by atoms with Gasteiger partial charge in [-0.1, -0.05) is 12.1 Å². The molecule has 0 bridgehead atoms. The van der Waals surface area contributed by atoms with E-state index in [0.717, 1.165) is 35.4 Å². The predicted molar refractivity (Wildman–Crippen MR) is 76.8 cm³/mol. The van der Waals surface area contributed by atoms with Crippen molar-refractivity contribution in [3.05, 3.63) is 54.7 Å². The third-order valence-corrected chi connectivity index (χ3v) is 3.23. The van der Waals surface area contributed by atoms with Gasteiger partial charge in [-0.25, -0.2) is 0 Å². The first kappa shape index (κ1) is 12.8. The van der Waals surface area contributed by atoms with Crippen LogP contribution in [0.15, 0.2) is 57.8 Å². The number of furan rings is 2. The molecule has 3 aromatic rings. The fraction of sp³-hybridized carbons (Fsp3) is 0.250. The van der Waals surface area contributed by atoms with Crippen molar-refractivity contribution in [3.63, 3.8) is 0 Å². The molecule has 2 aromatic heterocycles. The second-order valence-corrected chi connectivity index (χ2v) is 4.61. The average molecular weight is 271 g/mol. The Morgan fingerprint density at radius 1 is 1.10 bits per heavy atom. The average Bonchev–Trinajstić information content (AvgIpc) is 3.14. The van der Waals surface area contributed by atoms with Crippen molar-refractivity contribution in [2.75, 3.05) is 13.6 Å². The zero-order valence-corrected chi connectivity index (χ0v) is 11.3. The molecule has 3 rings (SSSR count). The van der Waals surface area contributed by atoms with Crippen molar-refractivity contribution in [2.45, 2.75) is 12.5 Å². The fourth-order valence-electron chi connectivity index (χ4n) is 2.22. The SMILES string of the molecule is CNCC[C@@H](Oc1cccc2ccoc12)c1ccco1. The van der Waals surface area contributed by atoms with E-state index >= 15 is 0 Å². The summed E-state index contributed by atoms with van der Waals surface area (Å²) < 4.78 is 17.1. The third-order valence-electron chi connectivity index (χ3n) is 3.23. The van der Waals surface area contributed by atoms with Crippen molar-refractivity contribution >= 4 is 11.0 Å².